The maximum Gasteiger partial charge on any atom is 0.141 e. The molecule has 0 aromatic carbocycles. The van der Waals surface area contributed by atoms with E-state index in [9.17, 15) is 4.39 Å². The van der Waals surface area contributed by atoms with Crippen molar-refractivity contribution in [3.8, 4) is 0 Å². The van der Waals surface area contributed by atoms with Crippen LogP contribution in [0.1, 0.15) is 25.3 Å². The first-order valence-corrected chi connectivity index (χ1v) is 5.02. The van der Waals surface area contributed by atoms with E-state index in [0.29, 0.717) is 0 Å². The Kier molecular flexibility index (Phi) is 2.50. The number of hydrogen-bond acceptors (Lipinski definition) is 2. The van der Waals surface area contributed by atoms with Gasteiger partial charge in [0.05, 0.1) is 6.20 Å². The Morgan fingerprint density at radius 3 is 3.00 bits per heavy atom. The van der Waals surface area contributed by atoms with Crippen LogP contribution < -0.4 is 5.32 Å². The second kappa shape index (κ2) is 3.65. The first-order chi connectivity index (χ1) is 6.71. The predicted octanol–water partition coefficient (Wildman–Crippen LogP) is 1.86. The lowest BCUT2D eigenvalue weighted by Crippen LogP contribution is -2.41. The quantitative estimate of drug-likeness (QED) is 0.738. The van der Waals surface area contributed by atoms with Crippen molar-refractivity contribution in [3.63, 3.8) is 0 Å². The molecule has 3 heteroatoms. The summed E-state index contributed by atoms with van der Waals surface area (Å²) in [4.78, 5) is 3.90. The van der Waals surface area contributed by atoms with Gasteiger partial charge >= 0.3 is 0 Å². The van der Waals surface area contributed by atoms with Gasteiger partial charge in [-0.25, -0.2) is 4.39 Å². The van der Waals surface area contributed by atoms with E-state index in [1.54, 1.807) is 12.3 Å². The van der Waals surface area contributed by atoms with E-state index < -0.39 is 0 Å². The lowest BCUT2D eigenvalue weighted by Gasteiger charge is -2.34. The van der Waals surface area contributed by atoms with Crippen molar-refractivity contribution >= 4 is 0 Å². The van der Waals surface area contributed by atoms with Gasteiger partial charge in [-0.05, 0) is 31.0 Å². The zero-order chi connectivity index (χ0) is 10.0. The second-order valence-electron chi connectivity index (χ2n) is 4.23. The van der Waals surface area contributed by atoms with Gasteiger partial charge in [0.2, 0.25) is 0 Å². The minimum atomic E-state index is -0.241. The fraction of sp³-hybridized carbons (Fsp3) is 0.545. The molecule has 76 valence electrons. The molecule has 2 heterocycles. The average Bonchev–Trinajstić information content (AvgIpc) is 2.19. The normalized spacial score (nSPS) is 27.6. The number of pyridine rings is 1. The number of aromatic nitrogens is 1. The number of nitrogens with zero attached hydrogens (tertiary/aromatic N) is 1. The van der Waals surface area contributed by atoms with Gasteiger partial charge in [0, 0.05) is 18.2 Å². The molecular formula is C11H15FN2. The fourth-order valence-corrected chi connectivity index (χ4v) is 2.04. The molecule has 2 rings (SSSR count). The summed E-state index contributed by atoms with van der Waals surface area (Å²) >= 11 is 0. The molecule has 1 aliphatic heterocycles. The molecular weight excluding hydrogens is 179 g/mol. The number of rotatable bonds is 1. The predicted molar refractivity (Wildman–Crippen MR) is 53.7 cm³/mol. The summed E-state index contributed by atoms with van der Waals surface area (Å²) in [6, 6.07) is 1.60. The average molecular weight is 194 g/mol. The molecule has 1 atom stereocenters. The van der Waals surface area contributed by atoms with E-state index in [1.807, 2.05) is 0 Å². The second-order valence-corrected chi connectivity index (χ2v) is 4.23. The summed E-state index contributed by atoms with van der Waals surface area (Å²) in [5.41, 5.74) is 1.05. The molecule has 1 fully saturated rings. The molecule has 1 unspecified atom stereocenters. The maximum atomic E-state index is 13.0. The van der Waals surface area contributed by atoms with Crippen LogP contribution in [0.5, 0.6) is 0 Å². The monoisotopic (exact) mass is 194 g/mol. The lowest BCUT2D eigenvalue weighted by atomic mass is 9.77. The van der Waals surface area contributed by atoms with Crippen molar-refractivity contribution in [2.24, 2.45) is 0 Å². The van der Waals surface area contributed by atoms with Crippen LogP contribution in [-0.4, -0.2) is 18.1 Å². The molecule has 0 spiro atoms. The smallest absolute Gasteiger partial charge is 0.141 e. The molecule has 0 aliphatic carbocycles. The highest BCUT2D eigenvalue weighted by atomic mass is 19.1. The van der Waals surface area contributed by atoms with Gasteiger partial charge in [-0.2, -0.15) is 0 Å². The standard InChI is InChI=1S/C11H15FN2/c1-11(3-2-4-13-8-11)9-5-10(12)7-14-6-9/h5-7,13H,2-4,8H2,1H3. The lowest BCUT2D eigenvalue weighted by molar-refractivity contribution is 0.337. The molecule has 2 nitrogen and oxygen atoms in total. The minimum Gasteiger partial charge on any atom is -0.316 e. The largest absolute Gasteiger partial charge is 0.316 e. The molecule has 0 saturated carbocycles. The summed E-state index contributed by atoms with van der Waals surface area (Å²) < 4.78 is 13.0. The van der Waals surface area contributed by atoms with Gasteiger partial charge in [0.15, 0.2) is 0 Å². The van der Waals surface area contributed by atoms with Crippen LogP contribution in [0.25, 0.3) is 0 Å². The highest BCUT2D eigenvalue weighted by molar-refractivity contribution is 5.22. The summed E-state index contributed by atoms with van der Waals surface area (Å²) in [5.74, 6) is -0.241. The third kappa shape index (κ3) is 1.77. The zero-order valence-corrected chi connectivity index (χ0v) is 8.39. The van der Waals surface area contributed by atoms with Crippen molar-refractivity contribution in [2.45, 2.75) is 25.2 Å². The Morgan fingerprint density at radius 1 is 1.50 bits per heavy atom. The fourth-order valence-electron chi connectivity index (χ4n) is 2.04. The Bertz CT molecular complexity index is 319. The van der Waals surface area contributed by atoms with Crippen molar-refractivity contribution in [1.29, 1.82) is 0 Å². The summed E-state index contributed by atoms with van der Waals surface area (Å²) in [6.45, 7) is 4.14. The van der Waals surface area contributed by atoms with Crippen LogP contribution in [0, 0.1) is 5.82 Å². The van der Waals surface area contributed by atoms with Crippen molar-refractivity contribution in [1.82, 2.24) is 10.3 Å². The van der Waals surface area contributed by atoms with Crippen LogP contribution in [0.15, 0.2) is 18.5 Å². The Balaban J connectivity index is 2.28. The first-order valence-electron chi connectivity index (χ1n) is 5.02. The zero-order valence-electron chi connectivity index (χ0n) is 8.39. The molecule has 0 bridgehead atoms. The maximum absolute atomic E-state index is 13.0. The van der Waals surface area contributed by atoms with Crippen LogP contribution >= 0.6 is 0 Å². The number of nitrogens with one attached hydrogen (secondary N) is 1. The molecule has 1 N–H and O–H groups in total. The molecule has 0 amide bonds. The molecule has 1 aromatic rings. The Hall–Kier alpha value is -0.960. The van der Waals surface area contributed by atoms with Gasteiger partial charge in [-0.1, -0.05) is 6.92 Å². The van der Waals surface area contributed by atoms with E-state index in [0.717, 1.165) is 31.5 Å². The Morgan fingerprint density at radius 2 is 2.36 bits per heavy atom. The van der Waals surface area contributed by atoms with Crippen molar-refractivity contribution in [3.05, 3.63) is 29.8 Å². The van der Waals surface area contributed by atoms with Gasteiger partial charge in [-0.15, -0.1) is 0 Å². The third-order valence-corrected chi connectivity index (χ3v) is 3.00. The molecule has 1 saturated heterocycles. The number of piperidine rings is 1. The Labute approximate surface area is 83.6 Å². The topological polar surface area (TPSA) is 24.9 Å². The van der Waals surface area contributed by atoms with E-state index in [2.05, 4.69) is 17.2 Å². The van der Waals surface area contributed by atoms with E-state index in [-0.39, 0.29) is 11.2 Å². The van der Waals surface area contributed by atoms with Gasteiger partial charge in [0.25, 0.3) is 0 Å². The first kappa shape index (κ1) is 9.59. The highest BCUT2D eigenvalue weighted by Gasteiger charge is 2.29. The molecule has 14 heavy (non-hydrogen) atoms. The van der Waals surface area contributed by atoms with Crippen LogP contribution in [0.3, 0.4) is 0 Å². The van der Waals surface area contributed by atoms with E-state index >= 15 is 0 Å². The molecule has 0 radical (unpaired) electrons. The number of halogens is 1. The van der Waals surface area contributed by atoms with Crippen molar-refractivity contribution in [2.75, 3.05) is 13.1 Å². The number of hydrogen-bond donors (Lipinski definition) is 1. The van der Waals surface area contributed by atoms with E-state index in [1.165, 1.54) is 6.20 Å². The molecule has 1 aromatic heterocycles. The van der Waals surface area contributed by atoms with Crippen LogP contribution in [-0.2, 0) is 5.41 Å². The third-order valence-electron chi connectivity index (χ3n) is 3.00. The molecule has 1 aliphatic rings. The summed E-state index contributed by atoms with van der Waals surface area (Å²) in [7, 11) is 0. The van der Waals surface area contributed by atoms with Gasteiger partial charge in [0.1, 0.15) is 5.82 Å². The summed E-state index contributed by atoms with van der Waals surface area (Å²) in [6.07, 6.45) is 5.28. The minimum absolute atomic E-state index is 0.0490. The van der Waals surface area contributed by atoms with Crippen molar-refractivity contribution < 1.29 is 4.39 Å². The van der Waals surface area contributed by atoms with Crippen LogP contribution in [0.4, 0.5) is 4.39 Å². The van der Waals surface area contributed by atoms with Gasteiger partial charge < -0.3 is 5.32 Å². The van der Waals surface area contributed by atoms with E-state index in [4.69, 9.17) is 0 Å². The SMILES string of the molecule is CC1(c2cncc(F)c2)CCCNC1. The summed E-state index contributed by atoms with van der Waals surface area (Å²) in [5, 5.41) is 3.34. The van der Waals surface area contributed by atoms with Crippen LogP contribution in [0.2, 0.25) is 0 Å². The van der Waals surface area contributed by atoms with Gasteiger partial charge in [-0.3, -0.25) is 4.98 Å². The highest BCUT2D eigenvalue weighted by Crippen LogP contribution is 2.30.